The smallest absolute Gasteiger partial charge is 0.0695 e. The van der Waals surface area contributed by atoms with E-state index in [2.05, 4.69) is 11.9 Å². The molecular weight excluding hydrogens is 246 g/mol. The van der Waals surface area contributed by atoms with Crippen molar-refractivity contribution in [2.24, 2.45) is 23.2 Å². The van der Waals surface area contributed by atoms with Gasteiger partial charge in [0.05, 0.1) is 6.10 Å². The van der Waals surface area contributed by atoms with Crippen LogP contribution in [0.2, 0.25) is 0 Å². The van der Waals surface area contributed by atoms with Gasteiger partial charge in [-0.3, -0.25) is 0 Å². The fourth-order valence-corrected chi connectivity index (χ4v) is 6.74. The molecule has 114 valence electrons. The van der Waals surface area contributed by atoms with Gasteiger partial charge in [0.15, 0.2) is 0 Å². The van der Waals surface area contributed by atoms with Gasteiger partial charge in [0.2, 0.25) is 0 Å². The van der Waals surface area contributed by atoms with E-state index in [0.717, 1.165) is 24.2 Å². The van der Waals surface area contributed by atoms with Crippen LogP contribution < -0.4 is 0 Å². The Morgan fingerprint density at radius 2 is 1.50 bits per heavy atom. The zero-order valence-corrected chi connectivity index (χ0v) is 13.1. The average Bonchev–Trinajstić information content (AvgIpc) is 2.36. The van der Waals surface area contributed by atoms with Crippen molar-refractivity contribution < 1.29 is 5.11 Å². The molecule has 5 fully saturated rings. The Balaban J connectivity index is 1.45. The zero-order chi connectivity index (χ0) is 13.7. The Morgan fingerprint density at radius 3 is 2.05 bits per heavy atom. The second kappa shape index (κ2) is 4.98. The highest BCUT2D eigenvalue weighted by Gasteiger charge is 2.51. The van der Waals surface area contributed by atoms with Gasteiger partial charge in [-0.1, -0.05) is 12.8 Å². The number of aliphatic hydroxyl groups is 1. The van der Waals surface area contributed by atoms with E-state index in [4.69, 9.17) is 0 Å². The van der Waals surface area contributed by atoms with Crippen LogP contribution in [0.5, 0.6) is 0 Å². The molecule has 0 aliphatic heterocycles. The lowest BCUT2D eigenvalue weighted by Gasteiger charge is -2.58. The van der Waals surface area contributed by atoms with E-state index in [1.807, 2.05) is 0 Å². The molecular formula is C18H31NO. The summed E-state index contributed by atoms with van der Waals surface area (Å²) in [5.41, 5.74) is 0.626. The Hall–Kier alpha value is -0.0800. The molecule has 2 nitrogen and oxygen atoms in total. The van der Waals surface area contributed by atoms with Gasteiger partial charge in [0, 0.05) is 12.6 Å². The molecule has 0 aromatic heterocycles. The third-order valence-electron chi connectivity index (χ3n) is 7.01. The molecule has 5 saturated carbocycles. The maximum absolute atomic E-state index is 10.3. The fourth-order valence-electron chi connectivity index (χ4n) is 6.74. The van der Waals surface area contributed by atoms with E-state index in [0.29, 0.717) is 11.5 Å². The predicted octanol–water partition coefficient (Wildman–Crippen LogP) is 3.44. The molecule has 0 heterocycles. The summed E-state index contributed by atoms with van der Waals surface area (Å²) in [6.07, 6.45) is 13.8. The van der Waals surface area contributed by atoms with Gasteiger partial charge in [-0.05, 0) is 81.6 Å². The first-order valence-electron chi connectivity index (χ1n) is 9.02. The summed E-state index contributed by atoms with van der Waals surface area (Å²) in [4.78, 5) is 2.55. The third kappa shape index (κ3) is 2.33. The van der Waals surface area contributed by atoms with Crippen molar-refractivity contribution in [1.82, 2.24) is 4.90 Å². The van der Waals surface area contributed by atoms with Crippen LogP contribution in [-0.2, 0) is 0 Å². The summed E-state index contributed by atoms with van der Waals surface area (Å²) in [6, 6.07) is 0.441. The van der Waals surface area contributed by atoms with Crippen molar-refractivity contribution in [2.45, 2.75) is 76.4 Å². The summed E-state index contributed by atoms with van der Waals surface area (Å²) in [5, 5.41) is 10.3. The average molecular weight is 277 g/mol. The minimum absolute atomic E-state index is 0.0670. The highest BCUT2D eigenvalue weighted by Crippen LogP contribution is 2.60. The van der Waals surface area contributed by atoms with Crippen molar-refractivity contribution in [3.8, 4) is 0 Å². The van der Waals surface area contributed by atoms with Gasteiger partial charge in [-0.15, -0.1) is 0 Å². The highest BCUT2D eigenvalue weighted by molar-refractivity contribution is 5.03. The molecule has 2 heteroatoms. The van der Waals surface area contributed by atoms with Gasteiger partial charge in [-0.2, -0.15) is 0 Å². The molecule has 5 rings (SSSR count). The van der Waals surface area contributed by atoms with Gasteiger partial charge in [0.1, 0.15) is 0 Å². The van der Waals surface area contributed by atoms with E-state index < -0.39 is 0 Å². The Kier molecular flexibility index (Phi) is 3.38. The lowest BCUT2D eigenvalue weighted by Crippen LogP contribution is -2.54. The molecule has 0 amide bonds. The molecule has 5 aliphatic rings. The van der Waals surface area contributed by atoms with Crippen LogP contribution in [0.4, 0.5) is 0 Å². The molecule has 0 radical (unpaired) electrons. The Labute approximate surface area is 123 Å². The minimum atomic E-state index is -0.0670. The topological polar surface area (TPSA) is 23.5 Å². The van der Waals surface area contributed by atoms with Crippen molar-refractivity contribution >= 4 is 0 Å². The number of aliphatic hydroxyl groups excluding tert-OH is 1. The van der Waals surface area contributed by atoms with Gasteiger partial charge >= 0.3 is 0 Å². The molecule has 0 aromatic rings. The molecule has 0 aromatic carbocycles. The number of hydrogen-bond donors (Lipinski definition) is 1. The first kappa shape index (κ1) is 13.6. The quantitative estimate of drug-likeness (QED) is 0.854. The Morgan fingerprint density at radius 1 is 0.950 bits per heavy atom. The van der Waals surface area contributed by atoms with Crippen LogP contribution in [0, 0.1) is 23.2 Å². The molecule has 0 saturated heterocycles. The Bertz CT molecular complexity index is 331. The number of nitrogens with zero attached hydrogens (tertiary/aromatic N) is 1. The van der Waals surface area contributed by atoms with Crippen molar-refractivity contribution in [3.05, 3.63) is 0 Å². The molecule has 5 aliphatic carbocycles. The summed E-state index contributed by atoms with van der Waals surface area (Å²) in [5.74, 6) is 3.14. The summed E-state index contributed by atoms with van der Waals surface area (Å²) >= 11 is 0. The van der Waals surface area contributed by atoms with Crippen LogP contribution in [0.15, 0.2) is 0 Å². The molecule has 2 unspecified atom stereocenters. The molecule has 1 N–H and O–H groups in total. The standard InChI is InChI=1S/C18H31NO/c1-19(16-4-2-3-5-17(16)20)12-18-9-13-6-14(10-18)8-15(7-13)11-18/h13-17,20H,2-12H2,1H3. The third-order valence-corrected chi connectivity index (χ3v) is 7.01. The summed E-state index contributed by atoms with van der Waals surface area (Å²) < 4.78 is 0. The SMILES string of the molecule is CN(CC12CC3CC(CC(C3)C1)C2)C1CCCCC1O. The van der Waals surface area contributed by atoms with Crippen molar-refractivity contribution in [1.29, 1.82) is 0 Å². The first-order chi connectivity index (χ1) is 9.63. The van der Waals surface area contributed by atoms with Crippen molar-refractivity contribution in [3.63, 3.8) is 0 Å². The highest BCUT2D eigenvalue weighted by atomic mass is 16.3. The number of hydrogen-bond acceptors (Lipinski definition) is 2. The largest absolute Gasteiger partial charge is 0.391 e. The predicted molar refractivity (Wildman–Crippen MR) is 81.5 cm³/mol. The van der Waals surface area contributed by atoms with Gasteiger partial charge < -0.3 is 10.0 Å². The van der Waals surface area contributed by atoms with Crippen molar-refractivity contribution in [2.75, 3.05) is 13.6 Å². The van der Waals surface area contributed by atoms with Crippen LogP contribution >= 0.6 is 0 Å². The van der Waals surface area contributed by atoms with Gasteiger partial charge in [0.25, 0.3) is 0 Å². The van der Waals surface area contributed by atoms with Gasteiger partial charge in [-0.25, -0.2) is 0 Å². The van der Waals surface area contributed by atoms with Crippen LogP contribution in [0.25, 0.3) is 0 Å². The maximum Gasteiger partial charge on any atom is 0.0695 e. The number of rotatable bonds is 3. The van der Waals surface area contributed by atoms with Crippen LogP contribution in [-0.4, -0.2) is 35.7 Å². The number of likely N-dealkylation sites (N-methyl/N-ethyl adjacent to an activating group) is 1. The van der Waals surface area contributed by atoms with Crippen LogP contribution in [0.3, 0.4) is 0 Å². The minimum Gasteiger partial charge on any atom is -0.391 e. The molecule has 4 bridgehead atoms. The first-order valence-corrected chi connectivity index (χ1v) is 9.02. The van der Waals surface area contributed by atoms with E-state index in [-0.39, 0.29) is 6.10 Å². The molecule has 20 heavy (non-hydrogen) atoms. The van der Waals surface area contributed by atoms with E-state index >= 15 is 0 Å². The molecule has 2 atom stereocenters. The molecule has 0 spiro atoms. The lowest BCUT2D eigenvalue weighted by molar-refractivity contribution is -0.0810. The van der Waals surface area contributed by atoms with E-state index in [9.17, 15) is 5.11 Å². The van der Waals surface area contributed by atoms with Crippen LogP contribution in [0.1, 0.15) is 64.2 Å². The zero-order valence-electron chi connectivity index (χ0n) is 13.1. The summed E-state index contributed by atoms with van der Waals surface area (Å²) in [7, 11) is 2.29. The van der Waals surface area contributed by atoms with E-state index in [1.165, 1.54) is 64.3 Å². The maximum atomic E-state index is 10.3. The second-order valence-corrected chi connectivity index (χ2v) is 8.75. The normalized spacial score (nSPS) is 50.9. The fraction of sp³-hybridized carbons (Fsp3) is 1.00. The second-order valence-electron chi connectivity index (χ2n) is 8.75. The lowest BCUT2D eigenvalue weighted by atomic mass is 9.49. The monoisotopic (exact) mass is 277 g/mol. The van der Waals surface area contributed by atoms with E-state index in [1.54, 1.807) is 0 Å². The summed E-state index contributed by atoms with van der Waals surface area (Å²) in [6.45, 7) is 1.26.